The highest BCUT2D eigenvalue weighted by Gasteiger charge is 2.57. The third kappa shape index (κ3) is 8.59. The maximum atomic E-state index is 7.39. The summed E-state index contributed by atoms with van der Waals surface area (Å²) < 4.78 is 0. The number of rotatable bonds is 5. The van der Waals surface area contributed by atoms with Gasteiger partial charge in [0.05, 0.1) is 0 Å². The first-order chi connectivity index (χ1) is 11.7. The van der Waals surface area contributed by atoms with Crippen molar-refractivity contribution in [3.05, 3.63) is 0 Å². The second kappa shape index (κ2) is 9.54. The van der Waals surface area contributed by atoms with Crippen LogP contribution in [0.4, 0.5) is 0 Å². The van der Waals surface area contributed by atoms with Gasteiger partial charge >= 0.3 is 0 Å². The minimum absolute atomic E-state index is 0.222. The molecule has 0 N–H and O–H groups in total. The van der Waals surface area contributed by atoms with Crippen molar-refractivity contribution < 1.29 is 0 Å². The zero-order valence-corrected chi connectivity index (χ0v) is 28.6. The molecule has 0 amide bonds. The molecular weight excluding hydrogens is 491 g/mol. The molecule has 8 heteroatoms. The van der Waals surface area contributed by atoms with Crippen LogP contribution in [0.5, 0.6) is 0 Å². The number of hydrogen-bond acceptors (Lipinski definition) is 0. The van der Waals surface area contributed by atoms with Crippen LogP contribution in [-0.4, -0.2) is 34.7 Å². The molecular formula is C20H48Cl2P4Si2. The van der Waals surface area contributed by atoms with Crippen molar-refractivity contribution in [3.63, 3.8) is 0 Å². The second-order valence-electron chi connectivity index (χ2n) is 12.7. The van der Waals surface area contributed by atoms with E-state index in [0.29, 0.717) is 10.3 Å². The van der Waals surface area contributed by atoms with Crippen LogP contribution in [0.2, 0.25) is 26.2 Å². The van der Waals surface area contributed by atoms with E-state index in [0.717, 1.165) is 0 Å². The summed E-state index contributed by atoms with van der Waals surface area (Å²) in [5, 5.41) is 1.17. The van der Waals surface area contributed by atoms with Gasteiger partial charge in [-0.3, -0.25) is 0 Å². The molecule has 28 heavy (non-hydrogen) atoms. The SMILES string of the molecule is CC(C)(C)P(P(P(C(C)(C)C)[Si](C)(C)Cl)C(C)(C)C)P(C(C)(C)C)[Si](C)(C)Cl. The maximum absolute atomic E-state index is 7.39. The quantitative estimate of drug-likeness (QED) is 0.185. The first kappa shape index (κ1) is 30.7. The van der Waals surface area contributed by atoms with E-state index in [1.165, 1.54) is 0 Å². The first-order valence-corrected chi connectivity index (χ1v) is 27.5. The fraction of sp³-hybridized carbons (Fsp3) is 1.00. The molecule has 0 nitrogen and oxygen atoms in total. The Bertz CT molecular complexity index is 439. The predicted molar refractivity (Wildman–Crippen MR) is 153 cm³/mol. The van der Waals surface area contributed by atoms with Gasteiger partial charge in [-0.25, -0.2) is 0 Å². The van der Waals surface area contributed by atoms with Crippen molar-refractivity contribution >= 4 is 65.2 Å². The minimum Gasteiger partial charge on any atom is -0.161 e. The summed E-state index contributed by atoms with van der Waals surface area (Å²) in [5.74, 6) is 0. The molecule has 0 heterocycles. The molecule has 0 rings (SSSR count). The van der Waals surface area contributed by atoms with Gasteiger partial charge in [0, 0.05) is 0 Å². The largest absolute Gasteiger partial charge is 0.180 e. The lowest BCUT2D eigenvalue weighted by atomic mass is 10.3. The Labute approximate surface area is 194 Å². The van der Waals surface area contributed by atoms with E-state index < -0.39 is 14.1 Å². The smallest absolute Gasteiger partial charge is 0.161 e. The summed E-state index contributed by atoms with van der Waals surface area (Å²) >= 11 is 14.8. The Balaban J connectivity index is 7.16. The lowest BCUT2D eigenvalue weighted by Gasteiger charge is -2.60. The van der Waals surface area contributed by atoms with Crippen molar-refractivity contribution in [2.24, 2.45) is 0 Å². The molecule has 4 unspecified atom stereocenters. The molecule has 0 spiro atoms. The van der Waals surface area contributed by atoms with Crippen molar-refractivity contribution in [1.29, 1.82) is 0 Å². The van der Waals surface area contributed by atoms with Gasteiger partial charge in [-0.1, -0.05) is 124 Å². The van der Waals surface area contributed by atoms with Gasteiger partial charge < -0.3 is 0 Å². The molecule has 0 aliphatic heterocycles. The molecule has 0 aromatic carbocycles. The molecule has 4 atom stereocenters. The van der Waals surface area contributed by atoms with Crippen molar-refractivity contribution in [2.45, 2.75) is 130 Å². The molecule has 170 valence electrons. The molecule has 0 aliphatic rings. The first-order valence-electron chi connectivity index (χ1n) is 10.3. The molecule has 0 bridgehead atoms. The van der Waals surface area contributed by atoms with Gasteiger partial charge in [0.25, 0.3) is 0 Å². The van der Waals surface area contributed by atoms with E-state index in [1.54, 1.807) is 0 Å². The Kier molecular flexibility index (Phi) is 10.5. The standard InChI is InChI=1S/C20H48Cl2P4Si2/c1-17(2,3)23(25(19(7,8)9)27(13,14)21)24(18(4,5)6)26(20(10,11)12)28(15,16)22/h1-16H3. The summed E-state index contributed by atoms with van der Waals surface area (Å²) in [6.45, 7) is 39.6. The summed E-state index contributed by atoms with van der Waals surface area (Å²) in [6, 6.07) is 0. The van der Waals surface area contributed by atoms with Crippen LogP contribution >= 0.6 is 51.1 Å². The van der Waals surface area contributed by atoms with E-state index in [4.69, 9.17) is 22.2 Å². The highest BCUT2D eigenvalue weighted by atomic mass is 35.6. The van der Waals surface area contributed by atoms with Crippen LogP contribution in [0.15, 0.2) is 0 Å². The van der Waals surface area contributed by atoms with Crippen LogP contribution in [0.25, 0.3) is 0 Å². The van der Waals surface area contributed by atoms with Crippen LogP contribution in [0, 0.1) is 0 Å². The Morgan fingerprint density at radius 3 is 0.679 bits per heavy atom. The fourth-order valence-corrected chi connectivity index (χ4v) is 98.6. The lowest BCUT2D eigenvalue weighted by molar-refractivity contribution is 0.774. The Morgan fingerprint density at radius 2 is 0.607 bits per heavy atom. The maximum Gasteiger partial charge on any atom is 0.180 e. The Hall–Kier alpha value is 2.73. The van der Waals surface area contributed by atoms with E-state index >= 15 is 0 Å². The van der Waals surface area contributed by atoms with Gasteiger partial charge in [0.15, 0.2) is 14.1 Å². The normalized spacial score (nSPS) is 19.9. The minimum atomic E-state index is -1.84. The summed E-state index contributed by atoms with van der Waals surface area (Å²) in [4.78, 5) is 0. The van der Waals surface area contributed by atoms with E-state index in [-0.39, 0.29) is 39.2 Å². The number of hydrogen-bond donors (Lipinski definition) is 0. The van der Waals surface area contributed by atoms with Gasteiger partial charge in [-0.15, -0.1) is 0 Å². The van der Waals surface area contributed by atoms with E-state index in [2.05, 4.69) is 109 Å². The van der Waals surface area contributed by atoms with Crippen LogP contribution in [-0.2, 0) is 0 Å². The third-order valence-electron chi connectivity index (χ3n) is 4.04. The second-order valence-corrected chi connectivity index (χ2v) is 54.1. The molecule has 0 saturated heterocycles. The van der Waals surface area contributed by atoms with Crippen molar-refractivity contribution in [3.8, 4) is 0 Å². The fourth-order valence-electron chi connectivity index (χ4n) is 3.95. The van der Waals surface area contributed by atoms with Crippen molar-refractivity contribution in [2.75, 3.05) is 0 Å². The molecule has 0 radical (unpaired) electrons. The predicted octanol–water partition coefficient (Wildman–Crippen LogP) is 11.7. The third-order valence-corrected chi connectivity index (χ3v) is 64.8. The van der Waals surface area contributed by atoms with Crippen molar-refractivity contribution in [1.82, 2.24) is 0 Å². The highest BCUT2D eigenvalue weighted by Crippen LogP contribution is 3.07. The van der Waals surface area contributed by atoms with E-state index in [9.17, 15) is 0 Å². The monoisotopic (exact) mass is 538 g/mol. The molecule has 0 fully saturated rings. The average Bonchev–Trinajstić information content (AvgIpc) is 2.23. The zero-order chi connectivity index (χ0) is 23.3. The van der Waals surface area contributed by atoms with Gasteiger partial charge in [0.2, 0.25) is 0 Å². The van der Waals surface area contributed by atoms with Gasteiger partial charge in [-0.2, -0.15) is 22.2 Å². The summed E-state index contributed by atoms with van der Waals surface area (Å²) in [6.07, 6.45) is 0. The summed E-state index contributed by atoms with van der Waals surface area (Å²) in [5.41, 5.74) is 0. The van der Waals surface area contributed by atoms with Gasteiger partial charge in [0.1, 0.15) is 0 Å². The number of halogens is 2. The van der Waals surface area contributed by atoms with Crippen LogP contribution < -0.4 is 0 Å². The van der Waals surface area contributed by atoms with Crippen LogP contribution in [0.1, 0.15) is 83.1 Å². The van der Waals surface area contributed by atoms with Crippen LogP contribution in [0.3, 0.4) is 0 Å². The average molecular weight is 540 g/mol. The molecule has 0 saturated carbocycles. The molecule has 0 aromatic rings. The lowest BCUT2D eigenvalue weighted by Crippen LogP contribution is -2.33. The zero-order valence-electron chi connectivity index (χ0n) is 21.5. The summed E-state index contributed by atoms with van der Waals surface area (Å²) in [7, 11) is -4.61. The molecule has 0 aliphatic carbocycles. The topological polar surface area (TPSA) is 0 Å². The Morgan fingerprint density at radius 1 is 0.429 bits per heavy atom. The highest BCUT2D eigenvalue weighted by molar-refractivity contribution is 8.85. The van der Waals surface area contributed by atoms with E-state index in [1.807, 2.05) is 0 Å². The molecule has 0 aromatic heterocycles. The van der Waals surface area contributed by atoms with Gasteiger partial charge in [-0.05, 0) is 35.2 Å².